The third-order valence-electron chi connectivity index (χ3n) is 3.78. The predicted octanol–water partition coefficient (Wildman–Crippen LogP) is 4.83. The van der Waals surface area contributed by atoms with Crippen LogP contribution < -0.4 is 5.43 Å². The fourth-order valence-corrected chi connectivity index (χ4v) is 2.35. The number of non-ortho nitro benzene ring substituents is 1. The van der Waals surface area contributed by atoms with E-state index in [-0.39, 0.29) is 11.4 Å². The second-order valence-corrected chi connectivity index (χ2v) is 5.70. The van der Waals surface area contributed by atoms with Gasteiger partial charge in [0.1, 0.15) is 5.75 Å². The number of phenols is 1. The van der Waals surface area contributed by atoms with Crippen molar-refractivity contribution in [2.75, 3.05) is 5.43 Å². The van der Waals surface area contributed by atoms with E-state index in [9.17, 15) is 15.2 Å². The minimum atomic E-state index is -0.447. The first-order valence-corrected chi connectivity index (χ1v) is 8.22. The summed E-state index contributed by atoms with van der Waals surface area (Å²) in [5.41, 5.74) is 6.05. The highest BCUT2D eigenvalue weighted by Crippen LogP contribution is 2.17. The fraction of sp³-hybridized carbons (Fsp3) is 0. The van der Waals surface area contributed by atoms with Crippen LogP contribution in [0.25, 0.3) is 6.08 Å². The first-order valence-electron chi connectivity index (χ1n) is 8.22. The molecule has 27 heavy (non-hydrogen) atoms. The monoisotopic (exact) mass is 359 g/mol. The molecule has 0 aromatic heterocycles. The van der Waals surface area contributed by atoms with Crippen molar-refractivity contribution in [1.29, 1.82) is 0 Å². The number of aromatic hydroxyl groups is 1. The molecule has 0 radical (unpaired) electrons. The van der Waals surface area contributed by atoms with E-state index in [1.807, 2.05) is 42.5 Å². The summed E-state index contributed by atoms with van der Waals surface area (Å²) in [7, 11) is 0. The lowest BCUT2D eigenvalue weighted by atomic mass is 10.1. The van der Waals surface area contributed by atoms with Gasteiger partial charge >= 0.3 is 0 Å². The largest absolute Gasteiger partial charge is 0.508 e. The van der Waals surface area contributed by atoms with Crippen LogP contribution in [0.5, 0.6) is 5.75 Å². The lowest BCUT2D eigenvalue weighted by molar-refractivity contribution is -0.384. The van der Waals surface area contributed by atoms with Crippen LogP contribution in [0.3, 0.4) is 0 Å². The Balaban J connectivity index is 1.86. The minimum absolute atomic E-state index is 0.0206. The number of nitro benzene ring substituents is 1. The van der Waals surface area contributed by atoms with E-state index in [0.717, 1.165) is 11.1 Å². The van der Waals surface area contributed by atoms with Crippen molar-refractivity contribution < 1.29 is 10.0 Å². The van der Waals surface area contributed by atoms with Gasteiger partial charge in [0.25, 0.3) is 5.69 Å². The third-order valence-corrected chi connectivity index (χ3v) is 3.78. The Hall–Kier alpha value is -3.93. The quantitative estimate of drug-likeness (QED) is 0.375. The molecular formula is C21H17N3O3. The zero-order valence-electron chi connectivity index (χ0n) is 14.3. The maximum Gasteiger partial charge on any atom is 0.269 e. The molecule has 6 nitrogen and oxygen atoms in total. The van der Waals surface area contributed by atoms with Gasteiger partial charge in [-0.2, -0.15) is 5.10 Å². The van der Waals surface area contributed by atoms with Crippen molar-refractivity contribution in [3.63, 3.8) is 0 Å². The van der Waals surface area contributed by atoms with Crippen molar-refractivity contribution in [2.45, 2.75) is 0 Å². The van der Waals surface area contributed by atoms with Crippen LogP contribution in [0.4, 0.5) is 11.4 Å². The molecule has 6 heteroatoms. The molecule has 0 saturated carbocycles. The van der Waals surface area contributed by atoms with Crippen molar-refractivity contribution in [1.82, 2.24) is 0 Å². The molecule has 0 unspecified atom stereocenters. The van der Waals surface area contributed by atoms with Crippen molar-refractivity contribution >= 4 is 23.2 Å². The highest BCUT2D eigenvalue weighted by molar-refractivity contribution is 6.11. The van der Waals surface area contributed by atoms with Gasteiger partial charge in [-0.05, 0) is 48.0 Å². The number of nitro groups is 1. The summed E-state index contributed by atoms with van der Waals surface area (Å²) in [6.45, 7) is 0. The number of phenolic OH excluding ortho intramolecular Hbond substituents is 1. The Morgan fingerprint density at radius 1 is 0.963 bits per heavy atom. The number of hydrazone groups is 1. The Bertz CT molecular complexity index is 964. The van der Waals surface area contributed by atoms with Crippen LogP contribution in [0, 0.1) is 10.1 Å². The predicted molar refractivity (Wildman–Crippen MR) is 107 cm³/mol. The second kappa shape index (κ2) is 8.44. The zero-order chi connectivity index (χ0) is 19.1. The van der Waals surface area contributed by atoms with Crippen LogP contribution in [0.15, 0.2) is 90.0 Å². The highest BCUT2D eigenvalue weighted by atomic mass is 16.6. The van der Waals surface area contributed by atoms with Gasteiger partial charge in [0.05, 0.1) is 16.3 Å². The van der Waals surface area contributed by atoms with Gasteiger partial charge in [0.15, 0.2) is 0 Å². The zero-order valence-corrected chi connectivity index (χ0v) is 14.3. The summed E-state index contributed by atoms with van der Waals surface area (Å²) in [5, 5.41) is 24.6. The average molecular weight is 359 g/mol. The Morgan fingerprint density at radius 2 is 1.63 bits per heavy atom. The van der Waals surface area contributed by atoms with Crippen LogP contribution in [-0.4, -0.2) is 15.7 Å². The van der Waals surface area contributed by atoms with Gasteiger partial charge in [-0.1, -0.05) is 36.4 Å². The third kappa shape index (κ3) is 5.02. The molecule has 0 fully saturated rings. The molecule has 134 valence electrons. The number of rotatable bonds is 6. The number of anilines is 1. The van der Waals surface area contributed by atoms with E-state index < -0.39 is 4.92 Å². The SMILES string of the molecule is O=[N+]([O-])c1ccc(N/N=C(\C=C\c2ccccc2)c2ccc(O)cc2)cc1. The summed E-state index contributed by atoms with van der Waals surface area (Å²) in [5.74, 6) is 0.175. The number of nitrogens with one attached hydrogen (secondary N) is 1. The first-order chi connectivity index (χ1) is 13.1. The molecule has 3 aromatic carbocycles. The standard InChI is InChI=1S/C21H17N3O3/c25-20-13-7-17(8-14-20)21(15-6-16-4-2-1-3-5-16)23-22-18-9-11-19(12-10-18)24(26)27/h1-15,22,25H/b15-6+,23-21+. The molecule has 0 aliphatic heterocycles. The molecule has 0 saturated heterocycles. The maximum absolute atomic E-state index is 10.7. The Morgan fingerprint density at radius 3 is 2.26 bits per heavy atom. The van der Waals surface area contributed by atoms with Gasteiger partial charge in [0, 0.05) is 17.7 Å². The van der Waals surface area contributed by atoms with Crippen molar-refractivity contribution in [3.05, 3.63) is 106 Å². The van der Waals surface area contributed by atoms with E-state index in [0.29, 0.717) is 11.4 Å². The van der Waals surface area contributed by atoms with Gasteiger partial charge < -0.3 is 5.11 Å². The molecule has 0 atom stereocenters. The van der Waals surface area contributed by atoms with Crippen LogP contribution in [0.2, 0.25) is 0 Å². The second-order valence-electron chi connectivity index (χ2n) is 5.70. The van der Waals surface area contributed by atoms with Gasteiger partial charge in [-0.3, -0.25) is 15.5 Å². The van der Waals surface area contributed by atoms with Crippen molar-refractivity contribution in [3.8, 4) is 5.75 Å². The number of benzene rings is 3. The van der Waals surface area contributed by atoms with Crippen molar-refractivity contribution in [2.24, 2.45) is 5.10 Å². The van der Waals surface area contributed by atoms with Gasteiger partial charge in [0.2, 0.25) is 0 Å². The maximum atomic E-state index is 10.7. The lowest BCUT2D eigenvalue weighted by Crippen LogP contribution is -2.01. The van der Waals surface area contributed by atoms with Gasteiger partial charge in [-0.25, -0.2) is 0 Å². The molecule has 3 rings (SSSR count). The normalized spacial score (nSPS) is 11.5. The van der Waals surface area contributed by atoms with Crippen LogP contribution >= 0.6 is 0 Å². The fourth-order valence-electron chi connectivity index (χ4n) is 2.35. The number of nitrogens with zero attached hydrogens (tertiary/aromatic N) is 2. The number of hydrogen-bond donors (Lipinski definition) is 2. The number of hydrogen-bond acceptors (Lipinski definition) is 5. The van der Waals surface area contributed by atoms with E-state index in [1.54, 1.807) is 36.4 Å². The topological polar surface area (TPSA) is 87.8 Å². The molecule has 0 heterocycles. The molecule has 0 aliphatic carbocycles. The molecule has 0 spiro atoms. The summed E-state index contributed by atoms with van der Waals surface area (Å²) in [6.07, 6.45) is 3.79. The smallest absolute Gasteiger partial charge is 0.269 e. The molecule has 2 N–H and O–H groups in total. The molecule has 0 bridgehead atoms. The average Bonchev–Trinajstić information content (AvgIpc) is 2.70. The lowest BCUT2D eigenvalue weighted by Gasteiger charge is -2.05. The van der Waals surface area contributed by atoms with Crippen LogP contribution in [-0.2, 0) is 0 Å². The van der Waals surface area contributed by atoms with Crippen LogP contribution in [0.1, 0.15) is 11.1 Å². The molecular weight excluding hydrogens is 342 g/mol. The van der Waals surface area contributed by atoms with Gasteiger partial charge in [-0.15, -0.1) is 0 Å². The highest BCUT2D eigenvalue weighted by Gasteiger charge is 2.04. The van der Waals surface area contributed by atoms with E-state index in [1.165, 1.54) is 12.1 Å². The Kier molecular flexibility index (Phi) is 5.59. The molecule has 0 amide bonds. The summed E-state index contributed by atoms with van der Waals surface area (Å²) >= 11 is 0. The summed E-state index contributed by atoms with van der Waals surface area (Å²) in [4.78, 5) is 10.3. The van der Waals surface area contributed by atoms with E-state index in [2.05, 4.69) is 10.5 Å². The summed E-state index contributed by atoms with van der Waals surface area (Å²) in [6, 6.07) is 22.5. The molecule has 3 aromatic rings. The minimum Gasteiger partial charge on any atom is -0.508 e. The van der Waals surface area contributed by atoms with E-state index >= 15 is 0 Å². The molecule has 0 aliphatic rings. The van der Waals surface area contributed by atoms with E-state index in [4.69, 9.17) is 0 Å². The summed E-state index contributed by atoms with van der Waals surface area (Å²) < 4.78 is 0. The Labute approximate surface area is 156 Å². The number of allylic oxidation sites excluding steroid dienone is 1. The first kappa shape index (κ1) is 17.9.